The van der Waals surface area contributed by atoms with Gasteiger partial charge in [-0.3, -0.25) is 0 Å². The van der Waals surface area contributed by atoms with E-state index in [0.717, 1.165) is 12.2 Å². The van der Waals surface area contributed by atoms with E-state index >= 15 is 0 Å². The van der Waals surface area contributed by atoms with Gasteiger partial charge in [0.1, 0.15) is 17.4 Å². The lowest BCUT2D eigenvalue weighted by molar-refractivity contribution is -0.0275. The summed E-state index contributed by atoms with van der Waals surface area (Å²) in [4.78, 5) is 0. The summed E-state index contributed by atoms with van der Waals surface area (Å²) >= 11 is 6.09. The van der Waals surface area contributed by atoms with Crippen molar-refractivity contribution in [1.82, 2.24) is 0 Å². The fourth-order valence-corrected chi connectivity index (χ4v) is 3.63. The second kappa shape index (κ2) is 6.06. The molecule has 0 aromatic heterocycles. The maximum Gasteiger partial charge on any atom is 0.121 e. The van der Waals surface area contributed by atoms with Gasteiger partial charge in [0.25, 0.3) is 0 Å². The number of halogens is 1. The summed E-state index contributed by atoms with van der Waals surface area (Å²) in [5.41, 5.74) is 0.359. The number of benzene rings is 1. The van der Waals surface area contributed by atoms with Crippen molar-refractivity contribution in [3.8, 4) is 11.8 Å². The highest BCUT2D eigenvalue weighted by molar-refractivity contribution is 6.31. The summed E-state index contributed by atoms with van der Waals surface area (Å²) in [6, 6.07) is 7.42. The zero-order valence-electron chi connectivity index (χ0n) is 12.4. The van der Waals surface area contributed by atoms with Crippen LogP contribution in [0.3, 0.4) is 0 Å². The lowest BCUT2D eigenvalue weighted by Crippen LogP contribution is -2.45. The van der Waals surface area contributed by atoms with E-state index in [-0.39, 0.29) is 5.60 Å². The van der Waals surface area contributed by atoms with E-state index in [9.17, 15) is 0 Å². The highest BCUT2D eigenvalue weighted by Crippen LogP contribution is 2.41. The maximum atomic E-state index is 8.92. The van der Waals surface area contributed by atoms with Crippen molar-refractivity contribution >= 4 is 11.6 Å². The van der Waals surface area contributed by atoms with Gasteiger partial charge in [-0.05, 0) is 44.2 Å². The highest BCUT2D eigenvalue weighted by Gasteiger charge is 2.40. The van der Waals surface area contributed by atoms with Gasteiger partial charge in [-0.15, -0.1) is 0 Å². The Morgan fingerprint density at radius 3 is 2.75 bits per heavy atom. The van der Waals surface area contributed by atoms with E-state index in [0.29, 0.717) is 22.4 Å². The smallest absolute Gasteiger partial charge is 0.121 e. The summed E-state index contributed by atoms with van der Waals surface area (Å²) in [7, 11) is 0. The zero-order valence-corrected chi connectivity index (χ0v) is 13.2. The molecule has 0 radical (unpaired) electrons. The minimum atomic E-state index is -0.135. The van der Waals surface area contributed by atoms with Crippen LogP contribution in [-0.2, 0) is 0 Å². The first-order valence-electron chi connectivity index (χ1n) is 7.35. The number of nitrogens with zero attached hydrogens (tertiary/aromatic N) is 1. The molecule has 1 aliphatic carbocycles. The largest absolute Gasteiger partial charge is 0.487 e. The molecule has 2 rings (SSSR count). The molecule has 0 unspecified atom stereocenters. The van der Waals surface area contributed by atoms with Crippen molar-refractivity contribution in [2.75, 3.05) is 0 Å². The van der Waals surface area contributed by atoms with Crippen LogP contribution in [0.5, 0.6) is 5.75 Å². The molecule has 0 spiro atoms. The predicted octanol–water partition coefficient (Wildman–Crippen LogP) is 5.20. The van der Waals surface area contributed by atoms with Crippen LogP contribution in [0, 0.1) is 23.2 Å². The van der Waals surface area contributed by atoms with Crippen LogP contribution in [-0.4, -0.2) is 5.60 Å². The lowest BCUT2D eigenvalue weighted by atomic mass is 9.71. The first kappa shape index (κ1) is 15.2. The molecule has 0 N–H and O–H groups in total. The molecule has 0 heterocycles. The first-order valence-corrected chi connectivity index (χ1v) is 7.73. The summed E-state index contributed by atoms with van der Waals surface area (Å²) in [6.45, 7) is 6.75. The summed E-state index contributed by atoms with van der Waals surface area (Å²) in [5, 5.41) is 9.38. The van der Waals surface area contributed by atoms with Crippen LogP contribution in [0.4, 0.5) is 0 Å². The second-order valence-electron chi connectivity index (χ2n) is 6.26. The molecule has 0 bridgehead atoms. The molecule has 3 heteroatoms. The SMILES string of the molecule is CC(C)[C@H]1CCCC[C@]1(C)Oc1ccc(C#N)c(Cl)c1. The third-order valence-corrected chi connectivity index (χ3v) is 4.75. The summed E-state index contributed by atoms with van der Waals surface area (Å²) in [5.74, 6) is 1.93. The van der Waals surface area contributed by atoms with Crippen molar-refractivity contribution in [1.29, 1.82) is 5.26 Å². The third kappa shape index (κ3) is 3.10. The molecule has 20 heavy (non-hydrogen) atoms. The van der Waals surface area contributed by atoms with E-state index in [4.69, 9.17) is 21.6 Å². The molecule has 1 fully saturated rings. The standard InChI is InChI=1S/C17H22ClNO/c1-12(2)15-6-4-5-9-17(15,3)20-14-8-7-13(11-19)16(18)10-14/h7-8,10,12,15H,4-6,9H2,1-3H3/t15-,17+/m1/s1. The molecule has 0 aliphatic heterocycles. The fraction of sp³-hybridized carbons (Fsp3) is 0.588. The minimum absolute atomic E-state index is 0.135. The molecular weight excluding hydrogens is 270 g/mol. The van der Waals surface area contributed by atoms with Crippen LogP contribution in [0.1, 0.15) is 52.0 Å². The van der Waals surface area contributed by atoms with Crippen molar-refractivity contribution in [2.24, 2.45) is 11.8 Å². The number of hydrogen-bond donors (Lipinski definition) is 0. The number of ether oxygens (including phenoxy) is 1. The molecular formula is C17H22ClNO. The molecule has 1 aromatic carbocycles. The highest BCUT2D eigenvalue weighted by atomic mass is 35.5. The Bertz CT molecular complexity index is 520. The number of hydrogen-bond acceptors (Lipinski definition) is 2. The van der Waals surface area contributed by atoms with E-state index in [1.165, 1.54) is 19.3 Å². The van der Waals surface area contributed by atoms with E-state index in [1.54, 1.807) is 12.1 Å². The Balaban J connectivity index is 2.22. The van der Waals surface area contributed by atoms with Crippen molar-refractivity contribution in [3.63, 3.8) is 0 Å². The Morgan fingerprint density at radius 1 is 1.40 bits per heavy atom. The maximum absolute atomic E-state index is 8.92. The average molecular weight is 292 g/mol. The monoisotopic (exact) mass is 291 g/mol. The van der Waals surface area contributed by atoms with Crippen molar-refractivity contribution < 1.29 is 4.74 Å². The quantitative estimate of drug-likeness (QED) is 0.767. The van der Waals surface area contributed by atoms with E-state index in [1.807, 2.05) is 6.07 Å². The molecule has 108 valence electrons. The molecule has 1 saturated carbocycles. The van der Waals surface area contributed by atoms with Crippen LogP contribution >= 0.6 is 11.6 Å². The molecule has 0 saturated heterocycles. The fourth-order valence-electron chi connectivity index (χ4n) is 3.42. The van der Waals surface area contributed by atoms with Gasteiger partial charge in [0.05, 0.1) is 10.6 Å². The van der Waals surface area contributed by atoms with Crippen LogP contribution in [0.2, 0.25) is 5.02 Å². The normalized spacial score (nSPS) is 26.3. The van der Waals surface area contributed by atoms with Gasteiger partial charge >= 0.3 is 0 Å². The zero-order chi connectivity index (χ0) is 14.8. The Kier molecular flexibility index (Phi) is 4.60. The average Bonchev–Trinajstić information content (AvgIpc) is 2.38. The predicted molar refractivity (Wildman–Crippen MR) is 82.0 cm³/mol. The lowest BCUT2D eigenvalue weighted by Gasteiger charge is -2.43. The van der Waals surface area contributed by atoms with Crippen molar-refractivity contribution in [3.05, 3.63) is 28.8 Å². The van der Waals surface area contributed by atoms with Gasteiger partial charge in [-0.25, -0.2) is 0 Å². The van der Waals surface area contributed by atoms with Gasteiger partial charge in [0, 0.05) is 12.0 Å². The third-order valence-electron chi connectivity index (χ3n) is 4.44. The van der Waals surface area contributed by atoms with Crippen LogP contribution in [0.25, 0.3) is 0 Å². The molecule has 2 nitrogen and oxygen atoms in total. The van der Waals surface area contributed by atoms with Gasteiger partial charge in [-0.2, -0.15) is 5.26 Å². The Labute approximate surface area is 126 Å². The number of nitriles is 1. The Morgan fingerprint density at radius 2 is 2.15 bits per heavy atom. The molecule has 1 aliphatic rings. The summed E-state index contributed by atoms with van der Waals surface area (Å²) in [6.07, 6.45) is 4.80. The number of rotatable bonds is 3. The van der Waals surface area contributed by atoms with Gasteiger partial charge in [0.2, 0.25) is 0 Å². The van der Waals surface area contributed by atoms with Gasteiger partial charge < -0.3 is 4.74 Å². The van der Waals surface area contributed by atoms with E-state index in [2.05, 4.69) is 26.8 Å². The van der Waals surface area contributed by atoms with Crippen LogP contribution in [0.15, 0.2) is 18.2 Å². The molecule has 2 atom stereocenters. The second-order valence-corrected chi connectivity index (χ2v) is 6.67. The first-order chi connectivity index (χ1) is 9.46. The summed E-state index contributed by atoms with van der Waals surface area (Å²) < 4.78 is 6.30. The van der Waals surface area contributed by atoms with E-state index < -0.39 is 0 Å². The van der Waals surface area contributed by atoms with Crippen LogP contribution < -0.4 is 4.74 Å². The van der Waals surface area contributed by atoms with Gasteiger partial charge in [0.15, 0.2) is 0 Å². The topological polar surface area (TPSA) is 33.0 Å². The van der Waals surface area contributed by atoms with Crippen molar-refractivity contribution in [2.45, 2.75) is 52.1 Å². The molecule has 1 aromatic rings. The van der Waals surface area contributed by atoms with Gasteiger partial charge in [-0.1, -0.05) is 31.9 Å². The Hall–Kier alpha value is -1.20. The molecule has 0 amide bonds. The minimum Gasteiger partial charge on any atom is -0.487 e.